The van der Waals surface area contributed by atoms with Crippen LogP contribution in [0.15, 0.2) is 36.5 Å². The molecule has 0 rings (SSSR count). The van der Waals surface area contributed by atoms with E-state index in [0.717, 1.165) is 51.4 Å². The summed E-state index contributed by atoms with van der Waals surface area (Å²) in [4.78, 5) is 24.6. The standard InChI is InChI=1S/C77H147NO5/c1-3-5-7-9-11-13-15-17-18-19-20-21-31-34-37-40-43-46-49-53-57-61-65-69-75(80)74(73-79)78-76(81)70-66-62-58-54-50-47-44-41-38-35-32-29-27-25-23-22-24-26-28-30-33-36-39-42-45-48-52-56-60-64-68-72-83-77(82)71-67-63-59-55-51-16-14-12-10-8-6-4-2/h12,14,24,26,30,33,74-75,79-80H,3-11,13,15-23,25,27-29,31-32,34-73H2,1-2H3,(H,78,81)/b14-12-,26-24-,33-30-. The van der Waals surface area contributed by atoms with Crippen molar-refractivity contribution in [3.05, 3.63) is 36.5 Å². The van der Waals surface area contributed by atoms with Gasteiger partial charge in [0.15, 0.2) is 0 Å². The zero-order valence-corrected chi connectivity index (χ0v) is 56.2. The number of carbonyl (C=O) groups excluding carboxylic acids is 2. The molecule has 0 aromatic carbocycles. The summed E-state index contributed by atoms with van der Waals surface area (Å²) in [5.74, 6) is -0.0259. The first kappa shape index (κ1) is 81.1. The van der Waals surface area contributed by atoms with Crippen molar-refractivity contribution in [2.45, 2.75) is 431 Å². The van der Waals surface area contributed by atoms with Gasteiger partial charge in [0.05, 0.1) is 25.4 Å². The third kappa shape index (κ3) is 69.1. The summed E-state index contributed by atoms with van der Waals surface area (Å²) in [6.07, 6.45) is 93.6. The van der Waals surface area contributed by atoms with E-state index in [1.165, 1.54) is 334 Å². The van der Waals surface area contributed by atoms with Gasteiger partial charge in [-0.3, -0.25) is 9.59 Å². The number of amides is 1. The van der Waals surface area contributed by atoms with Crippen molar-refractivity contribution in [1.29, 1.82) is 0 Å². The maximum atomic E-state index is 12.6. The van der Waals surface area contributed by atoms with Crippen LogP contribution in [0.4, 0.5) is 0 Å². The van der Waals surface area contributed by atoms with Gasteiger partial charge < -0.3 is 20.3 Å². The lowest BCUT2D eigenvalue weighted by molar-refractivity contribution is -0.143. The van der Waals surface area contributed by atoms with Crippen LogP contribution in [0.3, 0.4) is 0 Å². The zero-order chi connectivity index (χ0) is 59.9. The average Bonchev–Trinajstić information content (AvgIpc) is 3.49. The van der Waals surface area contributed by atoms with Crippen LogP contribution in [0.25, 0.3) is 0 Å². The maximum Gasteiger partial charge on any atom is 0.305 e. The van der Waals surface area contributed by atoms with E-state index in [2.05, 4.69) is 55.6 Å². The zero-order valence-electron chi connectivity index (χ0n) is 56.2. The molecular formula is C77H147NO5. The molecule has 0 fully saturated rings. The minimum atomic E-state index is -0.666. The van der Waals surface area contributed by atoms with E-state index < -0.39 is 12.1 Å². The van der Waals surface area contributed by atoms with Gasteiger partial charge in [0.1, 0.15) is 0 Å². The van der Waals surface area contributed by atoms with Crippen LogP contribution in [-0.2, 0) is 14.3 Å². The SMILES string of the molecule is CCCCC/C=C\CCCCCCCC(=O)OCCCCCCCCCCC/C=C\C/C=C\CCCCCCCCCCCCCCCCCC(=O)NC(CO)C(O)CCCCCCCCCCCCCCCCCCCCCCCCC. The fourth-order valence-electron chi connectivity index (χ4n) is 11.9. The molecule has 0 heterocycles. The Balaban J connectivity index is 3.40. The van der Waals surface area contributed by atoms with E-state index in [9.17, 15) is 19.8 Å². The Bertz CT molecular complexity index is 1340. The first-order valence-corrected chi connectivity index (χ1v) is 37.7. The first-order valence-electron chi connectivity index (χ1n) is 37.7. The third-order valence-corrected chi connectivity index (χ3v) is 17.7. The number of hydrogen-bond acceptors (Lipinski definition) is 5. The summed E-state index contributed by atoms with van der Waals surface area (Å²) in [5.41, 5.74) is 0. The average molecular weight is 1170 g/mol. The Morgan fingerprint density at radius 1 is 0.337 bits per heavy atom. The third-order valence-electron chi connectivity index (χ3n) is 17.7. The van der Waals surface area contributed by atoms with Gasteiger partial charge in [0.25, 0.3) is 0 Å². The highest BCUT2D eigenvalue weighted by Gasteiger charge is 2.20. The smallest absolute Gasteiger partial charge is 0.305 e. The van der Waals surface area contributed by atoms with E-state index in [1.807, 2.05) is 0 Å². The Kier molecular flexibility index (Phi) is 70.9. The Morgan fingerprint density at radius 2 is 0.602 bits per heavy atom. The second-order valence-electron chi connectivity index (χ2n) is 26.0. The van der Waals surface area contributed by atoms with Crippen molar-refractivity contribution in [1.82, 2.24) is 5.32 Å². The fraction of sp³-hybridized carbons (Fsp3) is 0.896. The van der Waals surface area contributed by atoms with E-state index in [1.54, 1.807) is 0 Å². The molecule has 3 N–H and O–H groups in total. The topological polar surface area (TPSA) is 95.9 Å². The van der Waals surface area contributed by atoms with Gasteiger partial charge in [0, 0.05) is 12.8 Å². The summed E-state index contributed by atoms with van der Waals surface area (Å²) in [6.45, 7) is 4.96. The Hall–Kier alpha value is -1.92. The Morgan fingerprint density at radius 3 is 0.952 bits per heavy atom. The van der Waals surface area contributed by atoms with Crippen LogP contribution in [0.1, 0.15) is 418 Å². The van der Waals surface area contributed by atoms with E-state index in [4.69, 9.17) is 4.74 Å². The highest BCUT2D eigenvalue weighted by Crippen LogP contribution is 2.19. The number of esters is 1. The lowest BCUT2D eigenvalue weighted by Gasteiger charge is -2.22. The molecular weight excluding hydrogens is 1020 g/mol. The first-order chi connectivity index (χ1) is 41.0. The van der Waals surface area contributed by atoms with Gasteiger partial charge in [-0.15, -0.1) is 0 Å². The van der Waals surface area contributed by atoms with Crippen LogP contribution < -0.4 is 5.32 Å². The number of aliphatic hydroxyl groups excluding tert-OH is 2. The number of allylic oxidation sites excluding steroid dienone is 6. The molecule has 0 bridgehead atoms. The van der Waals surface area contributed by atoms with Gasteiger partial charge in [-0.2, -0.15) is 0 Å². The van der Waals surface area contributed by atoms with Crippen molar-refractivity contribution in [3.63, 3.8) is 0 Å². The highest BCUT2D eigenvalue weighted by atomic mass is 16.5. The molecule has 490 valence electrons. The molecule has 0 aromatic rings. The molecule has 0 aliphatic rings. The van der Waals surface area contributed by atoms with Gasteiger partial charge in [-0.1, -0.05) is 359 Å². The molecule has 0 saturated heterocycles. The van der Waals surface area contributed by atoms with Crippen LogP contribution in [0.5, 0.6) is 0 Å². The summed E-state index contributed by atoms with van der Waals surface area (Å²) in [7, 11) is 0. The van der Waals surface area contributed by atoms with E-state index >= 15 is 0 Å². The normalized spacial score (nSPS) is 12.7. The number of ether oxygens (including phenoxy) is 1. The molecule has 6 nitrogen and oxygen atoms in total. The van der Waals surface area contributed by atoms with E-state index in [-0.39, 0.29) is 18.5 Å². The van der Waals surface area contributed by atoms with Gasteiger partial charge in [-0.05, 0) is 83.5 Å². The van der Waals surface area contributed by atoms with Gasteiger partial charge in [0.2, 0.25) is 5.91 Å². The van der Waals surface area contributed by atoms with Crippen molar-refractivity contribution < 1.29 is 24.5 Å². The lowest BCUT2D eigenvalue weighted by atomic mass is 10.0. The molecule has 0 saturated carbocycles. The molecule has 1 amide bonds. The summed E-state index contributed by atoms with van der Waals surface area (Å²) in [6, 6.07) is -0.543. The van der Waals surface area contributed by atoms with Crippen molar-refractivity contribution in [3.8, 4) is 0 Å². The maximum absolute atomic E-state index is 12.6. The Labute approximate surface area is 519 Å². The molecule has 6 heteroatoms. The van der Waals surface area contributed by atoms with Crippen LogP contribution in [0, 0.1) is 0 Å². The monoisotopic (exact) mass is 1170 g/mol. The molecule has 0 radical (unpaired) electrons. The number of unbranched alkanes of at least 4 members (excludes halogenated alkanes) is 54. The summed E-state index contributed by atoms with van der Waals surface area (Å²) < 4.78 is 5.47. The number of nitrogens with one attached hydrogen (secondary N) is 1. The molecule has 2 atom stereocenters. The van der Waals surface area contributed by atoms with Crippen LogP contribution in [-0.4, -0.2) is 47.4 Å². The lowest BCUT2D eigenvalue weighted by Crippen LogP contribution is -2.45. The number of aliphatic hydroxyl groups is 2. The fourth-order valence-corrected chi connectivity index (χ4v) is 11.9. The summed E-state index contributed by atoms with van der Waals surface area (Å²) in [5, 5.41) is 23.5. The minimum Gasteiger partial charge on any atom is -0.466 e. The van der Waals surface area contributed by atoms with Gasteiger partial charge in [-0.25, -0.2) is 0 Å². The largest absolute Gasteiger partial charge is 0.466 e. The quantitative estimate of drug-likeness (QED) is 0.0320. The second-order valence-corrected chi connectivity index (χ2v) is 26.0. The molecule has 0 aromatic heterocycles. The second kappa shape index (κ2) is 72.6. The highest BCUT2D eigenvalue weighted by molar-refractivity contribution is 5.76. The molecule has 83 heavy (non-hydrogen) atoms. The number of carbonyl (C=O) groups is 2. The van der Waals surface area contributed by atoms with Crippen LogP contribution >= 0.6 is 0 Å². The predicted molar refractivity (Wildman–Crippen MR) is 366 cm³/mol. The predicted octanol–water partition coefficient (Wildman–Crippen LogP) is 24.7. The molecule has 0 aliphatic carbocycles. The molecule has 0 aliphatic heterocycles. The van der Waals surface area contributed by atoms with E-state index in [0.29, 0.717) is 25.9 Å². The van der Waals surface area contributed by atoms with Crippen molar-refractivity contribution in [2.75, 3.05) is 13.2 Å². The van der Waals surface area contributed by atoms with Crippen LogP contribution in [0.2, 0.25) is 0 Å². The summed E-state index contributed by atoms with van der Waals surface area (Å²) >= 11 is 0. The van der Waals surface area contributed by atoms with Crippen molar-refractivity contribution in [2.24, 2.45) is 0 Å². The number of rotatable bonds is 71. The molecule has 0 spiro atoms. The molecule has 2 unspecified atom stereocenters. The van der Waals surface area contributed by atoms with Gasteiger partial charge >= 0.3 is 5.97 Å². The van der Waals surface area contributed by atoms with Crippen molar-refractivity contribution >= 4 is 11.9 Å². The minimum absolute atomic E-state index is 0.00358. The number of hydrogen-bond donors (Lipinski definition) is 3.